The molecule has 0 aliphatic heterocycles. The van der Waals surface area contributed by atoms with Crippen LogP contribution in [0.25, 0.3) is 0 Å². The number of aryl methyl sites for hydroxylation is 2. The van der Waals surface area contributed by atoms with Gasteiger partial charge >= 0.3 is 6.03 Å². The van der Waals surface area contributed by atoms with Crippen LogP contribution in [0, 0.1) is 13.8 Å². The van der Waals surface area contributed by atoms with E-state index in [1.54, 1.807) is 18.4 Å². The number of carbonyl (C=O) groups excluding carboxylic acids is 2. The van der Waals surface area contributed by atoms with E-state index >= 15 is 0 Å². The highest BCUT2D eigenvalue weighted by atomic mass is 32.1. The molecule has 2 heterocycles. The molecule has 3 aromatic rings. The van der Waals surface area contributed by atoms with Gasteiger partial charge < -0.3 is 5.32 Å². The number of amides is 3. The zero-order valence-corrected chi connectivity index (χ0v) is 15.0. The minimum Gasteiger partial charge on any atom is -0.308 e. The molecular weight excluding hydrogens is 360 g/mol. The number of urea groups is 1. The van der Waals surface area contributed by atoms with E-state index in [1.807, 2.05) is 25.1 Å². The molecule has 0 aliphatic carbocycles. The third-order valence-electron chi connectivity index (χ3n) is 2.98. The lowest BCUT2D eigenvalue weighted by molar-refractivity contribution is 0.102. The molecule has 0 aliphatic rings. The Hall–Kier alpha value is -2.85. The maximum Gasteiger partial charge on any atom is 0.325 e. The van der Waals surface area contributed by atoms with Gasteiger partial charge in [0.05, 0.1) is 0 Å². The van der Waals surface area contributed by atoms with E-state index in [9.17, 15) is 9.59 Å². The molecule has 10 heteroatoms. The van der Waals surface area contributed by atoms with Crippen LogP contribution >= 0.6 is 22.7 Å². The first-order valence-electron chi connectivity index (χ1n) is 7.21. The van der Waals surface area contributed by atoms with E-state index in [0.717, 1.165) is 21.9 Å². The second kappa shape index (κ2) is 7.36. The summed E-state index contributed by atoms with van der Waals surface area (Å²) in [5, 5.41) is 18.6. The van der Waals surface area contributed by atoms with Crippen molar-refractivity contribution in [1.29, 1.82) is 0 Å². The highest BCUT2D eigenvalue weighted by molar-refractivity contribution is 7.15. The van der Waals surface area contributed by atoms with Crippen molar-refractivity contribution in [3.8, 4) is 0 Å². The first-order chi connectivity index (χ1) is 12.0. The van der Waals surface area contributed by atoms with Crippen molar-refractivity contribution in [2.45, 2.75) is 13.8 Å². The van der Waals surface area contributed by atoms with Crippen molar-refractivity contribution >= 4 is 50.6 Å². The summed E-state index contributed by atoms with van der Waals surface area (Å²) >= 11 is 2.43. The summed E-state index contributed by atoms with van der Waals surface area (Å²) in [6.45, 7) is 3.74. The Bertz CT molecular complexity index is 920. The highest BCUT2D eigenvalue weighted by Crippen LogP contribution is 2.19. The third kappa shape index (κ3) is 4.58. The van der Waals surface area contributed by atoms with Crippen LogP contribution in [0.15, 0.2) is 29.6 Å². The molecule has 2 aromatic heterocycles. The molecule has 3 rings (SSSR count). The topological polar surface area (TPSA) is 109 Å². The fourth-order valence-electron chi connectivity index (χ4n) is 1.93. The predicted octanol–water partition coefficient (Wildman–Crippen LogP) is 3.51. The molecule has 0 bridgehead atoms. The van der Waals surface area contributed by atoms with Gasteiger partial charge in [-0.15, -0.1) is 21.5 Å². The number of rotatable bonds is 4. The van der Waals surface area contributed by atoms with Gasteiger partial charge in [0.1, 0.15) is 10.7 Å². The molecule has 0 unspecified atom stereocenters. The van der Waals surface area contributed by atoms with Crippen molar-refractivity contribution in [3.63, 3.8) is 0 Å². The Balaban J connectivity index is 1.59. The van der Waals surface area contributed by atoms with Gasteiger partial charge in [-0.25, -0.2) is 9.78 Å². The number of hydrogen-bond acceptors (Lipinski definition) is 7. The van der Waals surface area contributed by atoms with Gasteiger partial charge in [-0.3, -0.25) is 15.4 Å². The van der Waals surface area contributed by atoms with Crippen LogP contribution in [-0.4, -0.2) is 27.1 Å². The van der Waals surface area contributed by atoms with Gasteiger partial charge in [0.25, 0.3) is 5.91 Å². The Kier molecular flexibility index (Phi) is 5.00. The molecular formula is C15H14N6O2S2. The maximum absolute atomic E-state index is 12.1. The van der Waals surface area contributed by atoms with Gasteiger partial charge in [0, 0.05) is 11.1 Å². The van der Waals surface area contributed by atoms with Crippen molar-refractivity contribution in [2.75, 3.05) is 16.0 Å². The summed E-state index contributed by atoms with van der Waals surface area (Å²) in [5.41, 5.74) is 1.92. The average Bonchev–Trinajstić information content (AvgIpc) is 3.16. The first kappa shape index (κ1) is 17.0. The lowest BCUT2D eigenvalue weighted by Crippen LogP contribution is -2.19. The normalized spacial score (nSPS) is 10.3. The predicted molar refractivity (Wildman–Crippen MR) is 98.5 cm³/mol. The van der Waals surface area contributed by atoms with Crippen LogP contribution in [0.5, 0.6) is 0 Å². The summed E-state index contributed by atoms with van der Waals surface area (Å²) in [7, 11) is 0. The fourth-order valence-corrected chi connectivity index (χ4v) is 3.20. The van der Waals surface area contributed by atoms with Crippen LogP contribution < -0.4 is 16.0 Å². The van der Waals surface area contributed by atoms with Gasteiger partial charge in [0.2, 0.25) is 5.13 Å². The van der Waals surface area contributed by atoms with Crippen LogP contribution in [0.1, 0.15) is 21.1 Å². The molecule has 0 radical (unpaired) electrons. The first-order valence-corrected chi connectivity index (χ1v) is 8.91. The van der Waals surface area contributed by atoms with Crippen molar-refractivity contribution in [1.82, 2.24) is 15.2 Å². The number of hydrogen-bond donors (Lipinski definition) is 3. The number of anilines is 3. The standard InChI is InChI=1S/C15H14N6O2S2/c1-8-4-3-5-10(6-8)16-13(23)19-14-17-11(7-24-14)12(22)18-15-21-20-9(2)25-15/h3-7H,1-2H3,(H,18,21,22)(H2,16,17,19,23). The van der Waals surface area contributed by atoms with E-state index in [1.165, 1.54) is 11.3 Å². The van der Waals surface area contributed by atoms with Crippen molar-refractivity contribution in [2.24, 2.45) is 0 Å². The maximum atomic E-state index is 12.1. The monoisotopic (exact) mass is 374 g/mol. The number of nitrogens with one attached hydrogen (secondary N) is 3. The minimum absolute atomic E-state index is 0.198. The molecule has 0 fully saturated rings. The zero-order valence-electron chi connectivity index (χ0n) is 13.4. The van der Waals surface area contributed by atoms with Crippen LogP contribution in [-0.2, 0) is 0 Å². The summed E-state index contributed by atoms with van der Waals surface area (Å²) in [5.74, 6) is -0.403. The lowest BCUT2D eigenvalue weighted by atomic mass is 10.2. The van der Waals surface area contributed by atoms with Crippen LogP contribution in [0.2, 0.25) is 0 Å². The van der Waals surface area contributed by atoms with E-state index < -0.39 is 11.9 Å². The molecule has 3 N–H and O–H groups in total. The van der Waals surface area contributed by atoms with Gasteiger partial charge in [-0.2, -0.15) is 0 Å². The number of thiazole rings is 1. The highest BCUT2D eigenvalue weighted by Gasteiger charge is 2.14. The molecule has 8 nitrogen and oxygen atoms in total. The Morgan fingerprint density at radius 2 is 1.88 bits per heavy atom. The molecule has 128 valence electrons. The Morgan fingerprint density at radius 1 is 1.04 bits per heavy atom. The largest absolute Gasteiger partial charge is 0.325 e. The zero-order chi connectivity index (χ0) is 17.8. The summed E-state index contributed by atoms with van der Waals surface area (Å²) in [4.78, 5) is 28.2. The summed E-state index contributed by atoms with van der Waals surface area (Å²) in [6.07, 6.45) is 0. The van der Waals surface area contributed by atoms with Gasteiger partial charge in [-0.05, 0) is 31.5 Å². The van der Waals surface area contributed by atoms with Crippen molar-refractivity contribution in [3.05, 3.63) is 45.9 Å². The van der Waals surface area contributed by atoms with E-state index in [0.29, 0.717) is 16.0 Å². The molecule has 1 aromatic carbocycles. The van der Waals surface area contributed by atoms with Crippen LogP contribution in [0.3, 0.4) is 0 Å². The smallest absolute Gasteiger partial charge is 0.308 e. The lowest BCUT2D eigenvalue weighted by Gasteiger charge is -2.05. The van der Waals surface area contributed by atoms with Gasteiger partial charge in [0.15, 0.2) is 5.13 Å². The van der Waals surface area contributed by atoms with Crippen LogP contribution in [0.4, 0.5) is 20.7 Å². The van der Waals surface area contributed by atoms with E-state index in [2.05, 4.69) is 31.1 Å². The number of nitrogens with zero attached hydrogens (tertiary/aromatic N) is 3. The summed E-state index contributed by atoms with van der Waals surface area (Å²) in [6, 6.07) is 7.01. The molecule has 0 spiro atoms. The molecule has 0 atom stereocenters. The fraction of sp³-hybridized carbons (Fsp3) is 0.133. The molecule has 25 heavy (non-hydrogen) atoms. The SMILES string of the molecule is Cc1cccc(NC(=O)Nc2nc(C(=O)Nc3nnc(C)s3)cs2)c1. The average molecular weight is 374 g/mol. The van der Waals surface area contributed by atoms with E-state index in [-0.39, 0.29) is 5.69 Å². The van der Waals surface area contributed by atoms with Crippen molar-refractivity contribution < 1.29 is 9.59 Å². The van der Waals surface area contributed by atoms with Gasteiger partial charge in [-0.1, -0.05) is 23.5 Å². The second-order valence-corrected chi connectivity index (χ2v) is 7.11. The number of carbonyl (C=O) groups is 2. The molecule has 0 saturated carbocycles. The Morgan fingerprint density at radius 3 is 2.60 bits per heavy atom. The molecule has 0 saturated heterocycles. The number of aromatic nitrogens is 3. The third-order valence-corrected chi connectivity index (χ3v) is 4.49. The minimum atomic E-state index is -0.424. The number of benzene rings is 1. The quantitative estimate of drug-likeness (QED) is 0.647. The molecule has 3 amide bonds. The summed E-state index contributed by atoms with van der Waals surface area (Å²) < 4.78 is 0. The van der Waals surface area contributed by atoms with E-state index in [4.69, 9.17) is 0 Å². The Labute approximate surface area is 151 Å². The second-order valence-electron chi connectivity index (χ2n) is 5.07.